The zero-order valence-corrected chi connectivity index (χ0v) is 11.3. The Morgan fingerprint density at radius 3 is 2.22 bits per heavy atom. The van der Waals surface area contributed by atoms with Crippen molar-refractivity contribution in [3.05, 3.63) is 34.9 Å². The molecule has 2 heterocycles. The lowest BCUT2D eigenvalue weighted by atomic mass is 9.84. The van der Waals surface area contributed by atoms with Crippen molar-refractivity contribution in [2.45, 2.75) is 63.8 Å². The van der Waals surface area contributed by atoms with Gasteiger partial charge in [-0.3, -0.25) is 0 Å². The van der Waals surface area contributed by atoms with Crippen LogP contribution in [0.3, 0.4) is 0 Å². The van der Waals surface area contributed by atoms with Gasteiger partial charge in [-0.15, -0.1) is 0 Å². The van der Waals surface area contributed by atoms with Gasteiger partial charge in [-0.25, -0.2) is 0 Å². The molecule has 2 atom stereocenters. The van der Waals surface area contributed by atoms with E-state index in [0.29, 0.717) is 12.2 Å². The highest BCUT2D eigenvalue weighted by molar-refractivity contribution is 5.29. The molecule has 1 aromatic carbocycles. The molecule has 18 heavy (non-hydrogen) atoms. The summed E-state index contributed by atoms with van der Waals surface area (Å²) in [5, 5.41) is 10.8. The van der Waals surface area contributed by atoms with E-state index in [4.69, 9.17) is 4.74 Å². The van der Waals surface area contributed by atoms with Crippen molar-refractivity contribution in [2.24, 2.45) is 0 Å². The number of hydrogen-bond acceptors (Lipinski definition) is 2. The Morgan fingerprint density at radius 1 is 1.11 bits per heavy atom. The molecule has 0 saturated carbocycles. The first-order valence-corrected chi connectivity index (χ1v) is 6.97. The number of fused-ring (bicyclic) bond motifs is 2. The number of aliphatic hydroxyl groups is 1. The summed E-state index contributed by atoms with van der Waals surface area (Å²) in [6.07, 6.45) is 5.21. The quantitative estimate of drug-likeness (QED) is 0.869. The van der Waals surface area contributed by atoms with Gasteiger partial charge in [0.05, 0.1) is 17.8 Å². The first kappa shape index (κ1) is 12.2. The van der Waals surface area contributed by atoms with Crippen molar-refractivity contribution >= 4 is 0 Å². The zero-order chi connectivity index (χ0) is 12.8. The molecule has 2 bridgehead atoms. The average molecular weight is 246 g/mol. The third kappa shape index (κ3) is 2.45. The summed E-state index contributed by atoms with van der Waals surface area (Å²) < 4.78 is 5.82. The highest BCUT2D eigenvalue weighted by Gasteiger charge is 2.43. The van der Waals surface area contributed by atoms with Gasteiger partial charge in [0.25, 0.3) is 0 Å². The lowest BCUT2D eigenvalue weighted by molar-refractivity contribution is -0.110. The van der Waals surface area contributed by atoms with E-state index < -0.39 is 5.60 Å². The molecular weight excluding hydrogens is 224 g/mol. The third-order valence-electron chi connectivity index (χ3n) is 4.23. The minimum atomic E-state index is -0.551. The van der Waals surface area contributed by atoms with Crippen LogP contribution in [0.15, 0.2) is 18.2 Å². The molecule has 2 aliphatic rings. The van der Waals surface area contributed by atoms with Gasteiger partial charge in [0.1, 0.15) is 0 Å². The Kier molecular flexibility index (Phi) is 2.95. The summed E-state index contributed by atoms with van der Waals surface area (Å²) in [6.45, 7) is 4.24. The number of benzene rings is 1. The summed E-state index contributed by atoms with van der Waals surface area (Å²) in [7, 11) is 0. The van der Waals surface area contributed by atoms with E-state index in [1.165, 1.54) is 16.7 Å². The Bertz CT molecular complexity index is 420. The summed E-state index contributed by atoms with van der Waals surface area (Å²) in [5.74, 6) is 0. The molecule has 2 saturated heterocycles. The SMILES string of the molecule is Cc1cc(C)cc(CC2(O)CC3CCC(C2)O3)c1. The van der Waals surface area contributed by atoms with E-state index in [0.717, 1.165) is 32.1 Å². The first-order chi connectivity index (χ1) is 8.52. The molecule has 0 spiro atoms. The van der Waals surface area contributed by atoms with E-state index in [1.54, 1.807) is 0 Å². The lowest BCUT2D eigenvalue weighted by Crippen LogP contribution is -2.42. The van der Waals surface area contributed by atoms with Crippen LogP contribution in [0.5, 0.6) is 0 Å². The van der Waals surface area contributed by atoms with Crippen LogP contribution in [0.2, 0.25) is 0 Å². The van der Waals surface area contributed by atoms with Crippen LogP contribution in [-0.4, -0.2) is 22.9 Å². The molecule has 0 radical (unpaired) electrons. The highest BCUT2D eigenvalue weighted by atomic mass is 16.5. The summed E-state index contributed by atoms with van der Waals surface area (Å²) in [4.78, 5) is 0. The first-order valence-electron chi connectivity index (χ1n) is 6.97. The largest absolute Gasteiger partial charge is 0.389 e. The number of rotatable bonds is 2. The molecule has 1 N–H and O–H groups in total. The zero-order valence-electron chi connectivity index (χ0n) is 11.3. The number of aryl methyl sites for hydroxylation is 2. The molecule has 0 aromatic heterocycles. The molecular formula is C16H22O2. The maximum atomic E-state index is 10.8. The van der Waals surface area contributed by atoms with Crippen LogP contribution >= 0.6 is 0 Å². The van der Waals surface area contributed by atoms with Crippen LogP contribution in [0, 0.1) is 13.8 Å². The second-order valence-electron chi connectivity index (χ2n) is 6.26. The average Bonchev–Trinajstić information content (AvgIpc) is 2.56. The van der Waals surface area contributed by atoms with E-state index in [1.807, 2.05) is 0 Å². The molecule has 2 fully saturated rings. The molecule has 2 aliphatic heterocycles. The van der Waals surface area contributed by atoms with Crippen LogP contribution in [0.4, 0.5) is 0 Å². The van der Waals surface area contributed by atoms with Gasteiger partial charge in [0.2, 0.25) is 0 Å². The van der Waals surface area contributed by atoms with Crippen molar-refractivity contribution in [1.29, 1.82) is 0 Å². The summed E-state index contributed by atoms with van der Waals surface area (Å²) >= 11 is 0. The Morgan fingerprint density at radius 2 is 1.67 bits per heavy atom. The van der Waals surface area contributed by atoms with Crippen LogP contribution in [0.1, 0.15) is 42.4 Å². The van der Waals surface area contributed by atoms with Gasteiger partial charge < -0.3 is 9.84 Å². The standard InChI is InChI=1S/C16H22O2/c1-11-5-12(2)7-13(6-11)8-16(17)9-14-3-4-15(10-16)18-14/h5-7,14-15,17H,3-4,8-10H2,1-2H3. The van der Waals surface area contributed by atoms with Crippen molar-refractivity contribution in [1.82, 2.24) is 0 Å². The topological polar surface area (TPSA) is 29.5 Å². The predicted octanol–water partition coefficient (Wildman–Crippen LogP) is 2.92. The fourth-order valence-corrected chi connectivity index (χ4v) is 3.71. The van der Waals surface area contributed by atoms with Gasteiger partial charge in [0, 0.05) is 19.3 Å². The smallest absolute Gasteiger partial charge is 0.0737 e. The van der Waals surface area contributed by atoms with E-state index >= 15 is 0 Å². The van der Waals surface area contributed by atoms with E-state index in [9.17, 15) is 5.11 Å². The molecule has 2 heteroatoms. The Hall–Kier alpha value is -0.860. The molecule has 3 rings (SSSR count). The van der Waals surface area contributed by atoms with Crippen LogP contribution in [0.25, 0.3) is 0 Å². The van der Waals surface area contributed by atoms with Gasteiger partial charge >= 0.3 is 0 Å². The summed E-state index contributed by atoms with van der Waals surface area (Å²) in [5.41, 5.74) is 3.27. The molecule has 1 aromatic rings. The minimum Gasteiger partial charge on any atom is -0.389 e. The molecule has 2 nitrogen and oxygen atoms in total. The Balaban J connectivity index is 1.79. The maximum absolute atomic E-state index is 10.8. The Labute approximate surface area is 109 Å². The minimum absolute atomic E-state index is 0.291. The lowest BCUT2D eigenvalue weighted by Gasteiger charge is -2.36. The van der Waals surface area contributed by atoms with Gasteiger partial charge in [-0.05, 0) is 32.3 Å². The van der Waals surface area contributed by atoms with E-state index in [2.05, 4.69) is 32.0 Å². The van der Waals surface area contributed by atoms with Crippen molar-refractivity contribution < 1.29 is 9.84 Å². The summed E-state index contributed by atoms with van der Waals surface area (Å²) in [6, 6.07) is 6.58. The second-order valence-corrected chi connectivity index (χ2v) is 6.26. The highest BCUT2D eigenvalue weighted by Crippen LogP contribution is 2.40. The maximum Gasteiger partial charge on any atom is 0.0737 e. The number of ether oxygens (including phenoxy) is 1. The second kappa shape index (κ2) is 4.36. The van der Waals surface area contributed by atoms with Crippen molar-refractivity contribution in [2.75, 3.05) is 0 Å². The fourth-order valence-electron chi connectivity index (χ4n) is 3.71. The molecule has 2 unspecified atom stereocenters. The predicted molar refractivity (Wildman–Crippen MR) is 71.7 cm³/mol. The van der Waals surface area contributed by atoms with Crippen molar-refractivity contribution in [3.63, 3.8) is 0 Å². The molecule has 0 amide bonds. The van der Waals surface area contributed by atoms with E-state index in [-0.39, 0.29) is 0 Å². The van der Waals surface area contributed by atoms with Gasteiger partial charge in [-0.1, -0.05) is 29.3 Å². The fraction of sp³-hybridized carbons (Fsp3) is 0.625. The number of hydrogen-bond donors (Lipinski definition) is 1. The normalized spacial score (nSPS) is 34.8. The van der Waals surface area contributed by atoms with Crippen molar-refractivity contribution in [3.8, 4) is 0 Å². The van der Waals surface area contributed by atoms with Crippen LogP contribution in [-0.2, 0) is 11.2 Å². The van der Waals surface area contributed by atoms with Gasteiger partial charge in [-0.2, -0.15) is 0 Å². The third-order valence-corrected chi connectivity index (χ3v) is 4.23. The monoisotopic (exact) mass is 246 g/mol. The molecule has 98 valence electrons. The van der Waals surface area contributed by atoms with Gasteiger partial charge in [0.15, 0.2) is 0 Å². The van der Waals surface area contributed by atoms with Crippen LogP contribution < -0.4 is 0 Å². The molecule has 0 aliphatic carbocycles.